The van der Waals surface area contributed by atoms with E-state index in [0.717, 1.165) is 32.4 Å². The average molecular weight is 394 g/mol. The summed E-state index contributed by atoms with van der Waals surface area (Å²) in [5.41, 5.74) is 0.635. The van der Waals surface area contributed by atoms with E-state index in [0.29, 0.717) is 42.1 Å². The fourth-order valence-corrected chi connectivity index (χ4v) is 5.66. The summed E-state index contributed by atoms with van der Waals surface area (Å²) in [7, 11) is -3.46. The summed E-state index contributed by atoms with van der Waals surface area (Å²) in [5, 5.41) is 2.88. The lowest BCUT2D eigenvalue weighted by Gasteiger charge is -2.30. The van der Waals surface area contributed by atoms with Crippen LogP contribution in [0.1, 0.15) is 39.5 Å². The van der Waals surface area contributed by atoms with Crippen LogP contribution in [0.2, 0.25) is 0 Å². The van der Waals surface area contributed by atoms with Crippen molar-refractivity contribution in [2.75, 3.05) is 38.0 Å². The number of hydrogen-bond acceptors (Lipinski definition) is 4. The highest BCUT2D eigenvalue weighted by atomic mass is 32.2. The maximum absolute atomic E-state index is 12.8. The lowest BCUT2D eigenvalue weighted by molar-refractivity contribution is -0.117. The van der Waals surface area contributed by atoms with Gasteiger partial charge in [0.2, 0.25) is 15.9 Å². The van der Waals surface area contributed by atoms with Gasteiger partial charge in [0.25, 0.3) is 0 Å². The van der Waals surface area contributed by atoms with Crippen LogP contribution in [0.25, 0.3) is 0 Å². The Morgan fingerprint density at radius 1 is 1.04 bits per heavy atom. The van der Waals surface area contributed by atoms with E-state index in [-0.39, 0.29) is 5.91 Å². The number of nitrogens with zero attached hydrogens (tertiary/aromatic N) is 2. The molecule has 2 heterocycles. The van der Waals surface area contributed by atoms with Crippen molar-refractivity contribution in [2.24, 2.45) is 11.8 Å². The highest BCUT2D eigenvalue weighted by Crippen LogP contribution is 2.24. The number of nitrogens with one attached hydrogen (secondary N) is 1. The quantitative estimate of drug-likeness (QED) is 0.835. The zero-order valence-electron chi connectivity index (χ0n) is 16.4. The number of amides is 1. The molecule has 2 saturated heterocycles. The van der Waals surface area contributed by atoms with E-state index in [1.165, 1.54) is 6.42 Å². The first-order chi connectivity index (χ1) is 12.8. The van der Waals surface area contributed by atoms with Gasteiger partial charge < -0.3 is 5.32 Å². The Kier molecular flexibility index (Phi) is 6.55. The third-order valence-corrected chi connectivity index (χ3v) is 7.38. The monoisotopic (exact) mass is 393 g/mol. The van der Waals surface area contributed by atoms with Gasteiger partial charge >= 0.3 is 0 Å². The molecule has 0 aromatic heterocycles. The summed E-state index contributed by atoms with van der Waals surface area (Å²) < 4.78 is 27.2. The van der Waals surface area contributed by atoms with Crippen molar-refractivity contribution in [1.82, 2.24) is 9.21 Å². The Balaban J connectivity index is 1.58. The van der Waals surface area contributed by atoms with Gasteiger partial charge in [-0.2, -0.15) is 4.31 Å². The van der Waals surface area contributed by atoms with E-state index < -0.39 is 10.0 Å². The molecule has 0 bridgehead atoms. The average Bonchev–Trinajstić information content (AvgIpc) is 2.62. The third-order valence-electron chi connectivity index (χ3n) is 5.50. The molecular formula is C20H31N3O3S. The van der Waals surface area contributed by atoms with Gasteiger partial charge in [-0.25, -0.2) is 8.42 Å². The summed E-state index contributed by atoms with van der Waals surface area (Å²) in [6, 6.07) is 6.54. The molecule has 2 atom stereocenters. The van der Waals surface area contributed by atoms with Crippen molar-refractivity contribution in [1.29, 1.82) is 0 Å². The Morgan fingerprint density at radius 3 is 2.30 bits per heavy atom. The minimum absolute atomic E-state index is 0.0513. The normalized spacial score (nSPS) is 25.3. The van der Waals surface area contributed by atoms with E-state index in [4.69, 9.17) is 0 Å². The van der Waals surface area contributed by atoms with Crippen LogP contribution in [0, 0.1) is 11.8 Å². The summed E-state index contributed by atoms with van der Waals surface area (Å²) in [6.07, 6.45) is 4.34. The Labute approximate surface area is 163 Å². The molecular weight excluding hydrogens is 362 g/mol. The molecule has 0 aliphatic carbocycles. The Morgan fingerprint density at radius 2 is 1.67 bits per heavy atom. The predicted octanol–water partition coefficient (Wildman–Crippen LogP) is 2.78. The zero-order chi connectivity index (χ0) is 19.4. The molecule has 2 aliphatic rings. The van der Waals surface area contributed by atoms with Gasteiger partial charge in [0.05, 0.1) is 11.4 Å². The van der Waals surface area contributed by atoms with Crippen LogP contribution in [0.3, 0.4) is 0 Å². The van der Waals surface area contributed by atoms with E-state index in [9.17, 15) is 13.2 Å². The summed E-state index contributed by atoms with van der Waals surface area (Å²) in [5.74, 6) is 0.975. The van der Waals surface area contributed by atoms with Crippen molar-refractivity contribution < 1.29 is 13.2 Å². The van der Waals surface area contributed by atoms with Crippen LogP contribution in [0.15, 0.2) is 29.2 Å². The second-order valence-electron chi connectivity index (χ2n) is 8.17. The third kappa shape index (κ3) is 5.30. The minimum Gasteiger partial charge on any atom is -0.325 e. The van der Waals surface area contributed by atoms with Gasteiger partial charge in [-0.3, -0.25) is 9.69 Å². The summed E-state index contributed by atoms with van der Waals surface area (Å²) in [4.78, 5) is 14.7. The number of benzene rings is 1. The molecule has 0 unspecified atom stereocenters. The van der Waals surface area contributed by atoms with E-state index in [2.05, 4.69) is 24.1 Å². The molecule has 7 heteroatoms. The van der Waals surface area contributed by atoms with Crippen LogP contribution in [0.5, 0.6) is 0 Å². The highest BCUT2D eigenvalue weighted by Gasteiger charge is 2.28. The molecule has 27 heavy (non-hydrogen) atoms. The van der Waals surface area contributed by atoms with Gasteiger partial charge in [-0.05, 0) is 68.3 Å². The zero-order valence-corrected chi connectivity index (χ0v) is 17.2. The molecule has 0 radical (unpaired) electrons. The Hall–Kier alpha value is -1.44. The first-order valence-corrected chi connectivity index (χ1v) is 11.4. The van der Waals surface area contributed by atoms with Gasteiger partial charge in [-0.15, -0.1) is 0 Å². The van der Waals surface area contributed by atoms with Gasteiger partial charge in [-0.1, -0.05) is 13.8 Å². The largest absolute Gasteiger partial charge is 0.325 e. The molecule has 1 aromatic rings. The first kappa shape index (κ1) is 20.3. The van der Waals surface area contributed by atoms with Crippen molar-refractivity contribution in [3.63, 3.8) is 0 Å². The molecule has 6 nitrogen and oxygen atoms in total. The van der Waals surface area contributed by atoms with Crippen LogP contribution in [-0.2, 0) is 14.8 Å². The van der Waals surface area contributed by atoms with Crippen LogP contribution >= 0.6 is 0 Å². The molecule has 1 N–H and O–H groups in total. The highest BCUT2D eigenvalue weighted by molar-refractivity contribution is 7.89. The number of piperidine rings is 2. The molecule has 1 aromatic carbocycles. The molecule has 150 valence electrons. The number of likely N-dealkylation sites (tertiary alicyclic amines) is 1. The van der Waals surface area contributed by atoms with Crippen molar-refractivity contribution in [2.45, 2.75) is 44.4 Å². The molecule has 0 saturated carbocycles. The lowest BCUT2D eigenvalue weighted by atomic mass is 10.0. The first-order valence-electron chi connectivity index (χ1n) is 9.97. The molecule has 0 spiro atoms. The molecule has 2 fully saturated rings. The minimum atomic E-state index is -3.46. The van der Waals surface area contributed by atoms with E-state index in [1.54, 1.807) is 28.6 Å². The number of carbonyl (C=O) groups excluding carboxylic acids is 1. The molecule has 1 amide bonds. The van der Waals surface area contributed by atoms with Gasteiger partial charge in [0.1, 0.15) is 0 Å². The van der Waals surface area contributed by atoms with Crippen molar-refractivity contribution in [3.05, 3.63) is 24.3 Å². The van der Waals surface area contributed by atoms with Crippen LogP contribution in [-0.4, -0.2) is 56.3 Å². The van der Waals surface area contributed by atoms with Crippen LogP contribution < -0.4 is 5.32 Å². The van der Waals surface area contributed by atoms with Gasteiger partial charge in [0.15, 0.2) is 0 Å². The Bertz CT molecular complexity index is 748. The maximum Gasteiger partial charge on any atom is 0.243 e. The van der Waals surface area contributed by atoms with E-state index >= 15 is 0 Å². The summed E-state index contributed by atoms with van der Waals surface area (Å²) >= 11 is 0. The number of carbonyl (C=O) groups is 1. The van der Waals surface area contributed by atoms with Crippen molar-refractivity contribution >= 4 is 21.6 Å². The second kappa shape index (κ2) is 8.71. The molecule has 3 rings (SSSR count). The van der Waals surface area contributed by atoms with Crippen LogP contribution in [0.4, 0.5) is 5.69 Å². The molecule has 2 aliphatic heterocycles. The predicted molar refractivity (Wildman–Crippen MR) is 107 cm³/mol. The number of anilines is 1. The smallest absolute Gasteiger partial charge is 0.243 e. The number of hydrogen-bond donors (Lipinski definition) is 1. The topological polar surface area (TPSA) is 69.7 Å². The van der Waals surface area contributed by atoms with Crippen molar-refractivity contribution in [3.8, 4) is 0 Å². The lowest BCUT2D eigenvalue weighted by Crippen LogP contribution is -2.39. The SMILES string of the molecule is C[C@@H]1CCCN(CC(=O)Nc2ccc(S(=O)(=O)N3CCC[C@@H](C)C3)cc2)C1. The number of sulfonamides is 1. The summed E-state index contributed by atoms with van der Waals surface area (Å²) in [6.45, 7) is 7.77. The standard InChI is InChI=1S/C20H31N3O3S/c1-16-5-3-11-22(13-16)15-20(24)21-18-7-9-19(10-8-18)27(25,26)23-12-4-6-17(2)14-23/h7-10,16-17H,3-6,11-15H2,1-2H3,(H,21,24)/t16-,17-/m1/s1. The second-order valence-corrected chi connectivity index (χ2v) is 10.1. The van der Waals surface area contributed by atoms with Gasteiger partial charge in [0, 0.05) is 25.3 Å². The fourth-order valence-electron chi connectivity index (χ4n) is 4.06. The number of rotatable bonds is 5. The van der Waals surface area contributed by atoms with E-state index in [1.807, 2.05) is 0 Å². The fraction of sp³-hybridized carbons (Fsp3) is 0.650. The maximum atomic E-state index is 12.8.